The minimum atomic E-state index is -0.880. The lowest BCUT2D eigenvalue weighted by molar-refractivity contribution is 0.150. The van der Waals surface area contributed by atoms with Crippen LogP contribution in [0.5, 0.6) is 0 Å². The van der Waals surface area contributed by atoms with Crippen LogP contribution in [0.3, 0.4) is 0 Å². The SMILES string of the molecule is O=C(O)N1CC=C(c2cccc(-c3cc(-c4ccccc4)cc(Nc4cnccn4)n3)c2)CC1. The van der Waals surface area contributed by atoms with Gasteiger partial charge in [-0.25, -0.2) is 14.8 Å². The van der Waals surface area contributed by atoms with Crippen LogP contribution in [0.1, 0.15) is 12.0 Å². The first-order valence-corrected chi connectivity index (χ1v) is 11.0. The number of pyridine rings is 1. The Morgan fingerprint density at radius 1 is 0.882 bits per heavy atom. The van der Waals surface area contributed by atoms with E-state index in [-0.39, 0.29) is 0 Å². The molecule has 0 aliphatic carbocycles. The lowest BCUT2D eigenvalue weighted by Gasteiger charge is -2.24. The van der Waals surface area contributed by atoms with Crippen molar-refractivity contribution in [2.75, 3.05) is 18.4 Å². The van der Waals surface area contributed by atoms with Crippen molar-refractivity contribution in [1.29, 1.82) is 0 Å². The summed E-state index contributed by atoms with van der Waals surface area (Å²) in [6.45, 7) is 0.905. The number of amides is 1. The molecule has 0 spiro atoms. The zero-order valence-electron chi connectivity index (χ0n) is 18.4. The van der Waals surface area contributed by atoms with Gasteiger partial charge < -0.3 is 15.3 Å². The average molecular weight is 450 g/mol. The molecule has 0 atom stereocenters. The van der Waals surface area contributed by atoms with E-state index in [1.807, 2.05) is 42.5 Å². The summed E-state index contributed by atoms with van der Waals surface area (Å²) in [5, 5.41) is 12.5. The molecule has 34 heavy (non-hydrogen) atoms. The molecule has 1 aliphatic rings. The third-order valence-electron chi connectivity index (χ3n) is 5.76. The molecule has 0 unspecified atom stereocenters. The van der Waals surface area contributed by atoms with Crippen molar-refractivity contribution >= 4 is 23.3 Å². The molecule has 7 heteroatoms. The van der Waals surface area contributed by atoms with Crippen LogP contribution in [0.2, 0.25) is 0 Å². The summed E-state index contributed by atoms with van der Waals surface area (Å²) in [5.74, 6) is 1.30. The second-order valence-corrected chi connectivity index (χ2v) is 8.00. The predicted molar refractivity (Wildman–Crippen MR) is 133 cm³/mol. The number of nitrogens with zero attached hydrogens (tertiary/aromatic N) is 4. The van der Waals surface area contributed by atoms with E-state index in [1.165, 1.54) is 4.90 Å². The van der Waals surface area contributed by atoms with E-state index in [9.17, 15) is 9.90 Å². The number of rotatable bonds is 5. The van der Waals surface area contributed by atoms with Crippen LogP contribution >= 0.6 is 0 Å². The summed E-state index contributed by atoms with van der Waals surface area (Å²) >= 11 is 0. The van der Waals surface area contributed by atoms with Crippen molar-refractivity contribution in [3.05, 3.63) is 97.0 Å². The predicted octanol–water partition coefficient (Wildman–Crippen LogP) is 5.72. The Morgan fingerprint density at radius 2 is 1.71 bits per heavy atom. The van der Waals surface area contributed by atoms with Gasteiger partial charge in [0.05, 0.1) is 11.9 Å². The molecule has 0 saturated carbocycles. The molecular weight excluding hydrogens is 426 g/mol. The summed E-state index contributed by atoms with van der Waals surface area (Å²) in [7, 11) is 0. The van der Waals surface area contributed by atoms with E-state index in [4.69, 9.17) is 4.98 Å². The molecule has 0 bridgehead atoms. The minimum Gasteiger partial charge on any atom is -0.465 e. The Morgan fingerprint density at radius 3 is 2.44 bits per heavy atom. The number of carbonyl (C=O) groups is 1. The molecule has 1 amide bonds. The third kappa shape index (κ3) is 4.78. The van der Waals surface area contributed by atoms with E-state index in [2.05, 4.69) is 45.6 Å². The van der Waals surface area contributed by atoms with Gasteiger partial charge in [-0.15, -0.1) is 0 Å². The van der Waals surface area contributed by atoms with E-state index in [0.717, 1.165) is 33.5 Å². The van der Waals surface area contributed by atoms with E-state index >= 15 is 0 Å². The van der Waals surface area contributed by atoms with Gasteiger partial charge in [0.25, 0.3) is 0 Å². The van der Waals surface area contributed by atoms with Crippen LogP contribution < -0.4 is 5.32 Å². The first-order chi connectivity index (χ1) is 16.7. The lowest BCUT2D eigenvalue weighted by atomic mass is 9.96. The van der Waals surface area contributed by atoms with E-state index in [1.54, 1.807) is 18.6 Å². The van der Waals surface area contributed by atoms with Gasteiger partial charge in [0, 0.05) is 31.0 Å². The number of nitrogens with one attached hydrogen (secondary N) is 1. The van der Waals surface area contributed by atoms with Crippen molar-refractivity contribution in [2.45, 2.75) is 6.42 Å². The molecule has 2 aromatic heterocycles. The maximum absolute atomic E-state index is 11.2. The van der Waals surface area contributed by atoms with Crippen LogP contribution in [0, 0.1) is 0 Å². The first kappa shape index (κ1) is 21.3. The normalized spacial score (nSPS) is 13.3. The van der Waals surface area contributed by atoms with E-state index < -0.39 is 6.09 Å². The Hall–Kier alpha value is -4.52. The summed E-state index contributed by atoms with van der Waals surface area (Å²) < 4.78 is 0. The van der Waals surface area contributed by atoms with E-state index in [0.29, 0.717) is 31.1 Å². The third-order valence-corrected chi connectivity index (χ3v) is 5.76. The molecule has 3 heterocycles. The van der Waals surface area contributed by atoms with Crippen LogP contribution in [0.4, 0.5) is 16.4 Å². The maximum Gasteiger partial charge on any atom is 0.407 e. The molecule has 0 fully saturated rings. The summed E-state index contributed by atoms with van der Waals surface area (Å²) in [6.07, 6.45) is 6.72. The smallest absolute Gasteiger partial charge is 0.407 e. The lowest BCUT2D eigenvalue weighted by Crippen LogP contribution is -2.33. The number of carboxylic acid groups (broad SMARTS) is 1. The average Bonchev–Trinajstić information content (AvgIpc) is 2.90. The second-order valence-electron chi connectivity index (χ2n) is 8.00. The van der Waals surface area contributed by atoms with Gasteiger partial charge in [0.15, 0.2) is 0 Å². The van der Waals surface area contributed by atoms with Crippen molar-refractivity contribution in [2.24, 2.45) is 0 Å². The van der Waals surface area contributed by atoms with Crippen LogP contribution in [-0.4, -0.2) is 44.1 Å². The Kier molecular flexibility index (Phi) is 5.99. The molecule has 2 aromatic carbocycles. The Labute approximate surface area is 197 Å². The molecule has 1 aliphatic heterocycles. The fourth-order valence-corrected chi connectivity index (χ4v) is 4.02. The number of hydrogen-bond donors (Lipinski definition) is 2. The summed E-state index contributed by atoms with van der Waals surface area (Å²) in [4.78, 5) is 25.9. The Balaban J connectivity index is 1.52. The fourth-order valence-electron chi connectivity index (χ4n) is 4.02. The largest absolute Gasteiger partial charge is 0.465 e. The Bertz CT molecular complexity index is 1340. The highest BCUT2D eigenvalue weighted by Crippen LogP contribution is 2.31. The molecule has 0 radical (unpaired) electrons. The van der Waals surface area contributed by atoms with Crippen molar-refractivity contribution in [1.82, 2.24) is 19.9 Å². The van der Waals surface area contributed by atoms with Gasteiger partial charge in [-0.05, 0) is 46.9 Å². The zero-order valence-corrected chi connectivity index (χ0v) is 18.4. The molecule has 4 aromatic rings. The molecular formula is C27H23N5O2. The fraction of sp³-hybridized carbons (Fsp3) is 0.111. The van der Waals surface area contributed by atoms with Crippen LogP contribution in [0.15, 0.2) is 91.4 Å². The van der Waals surface area contributed by atoms with Gasteiger partial charge in [0.2, 0.25) is 0 Å². The molecule has 2 N–H and O–H groups in total. The zero-order chi connectivity index (χ0) is 23.3. The van der Waals surface area contributed by atoms with Crippen molar-refractivity contribution < 1.29 is 9.90 Å². The summed E-state index contributed by atoms with van der Waals surface area (Å²) in [6, 6.07) is 22.5. The highest BCUT2D eigenvalue weighted by Gasteiger charge is 2.17. The molecule has 5 rings (SSSR count). The topological polar surface area (TPSA) is 91.2 Å². The quantitative estimate of drug-likeness (QED) is 0.405. The van der Waals surface area contributed by atoms with Crippen LogP contribution in [-0.2, 0) is 0 Å². The number of benzene rings is 2. The first-order valence-electron chi connectivity index (χ1n) is 11.0. The van der Waals surface area contributed by atoms with Gasteiger partial charge in [-0.3, -0.25) is 4.98 Å². The number of anilines is 2. The maximum atomic E-state index is 11.2. The highest BCUT2D eigenvalue weighted by atomic mass is 16.4. The summed E-state index contributed by atoms with van der Waals surface area (Å²) in [5.41, 5.74) is 6.18. The van der Waals surface area contributed by atoms with Gasteiger partial charge in [-0.2, -0.15) is 0 Å². The standard InChI is InChI=1S/C27H23N5O2/c33-27(34)32-13-9-20(10-14-32)21-7-4-8-22(15-21)24-16-23(19-5-2-1-3-6-19)17-25(30-24)31-26-18-28-11-12-29-26/h1-9,11-12,15-18H,10,13-14H2,(H,33,34)(H,29,30,31). The van der Waals surface area contributed by atoms with Crippen LogP contribution in [0.25, 0.3) is 28.0 Å². The number of aromatic nitrogens is 3. The van der Waals surface area contributed by atoms with Crippen molar-refractivity contribution in [3.63, 3.8) is 0 Å². The molecule has 168 valence electrons. The molecule has 0 saturated heterocycles. The van der Waals surface area contributed by atoms with Crippen molar-refractivity contribution in [3.8, 4) is 22.4 Å². The van der Waals surface area contributed by atoms with Gasteiger partial charge in [-0.1, -0.05) is 54.6 Å². The molecule has 7 nitrogen and oxygen atoms in total. The number of hydrogen-bond acceptors (Lipinski definition) is 5. The van der Waals surface area contributed by atoms with Gasteiger partial charge >= 0.3 is 6.09 Å². The second kappa shape index (κ2) is 9.54. The van der Waals surface area contributed by atoms with Gasteiger partial charge in [0.1, 0.15) is 11.6 Å². The minimum absolute atomic E-state index is 0.406. The highest BCUT2D eigenvalue weighted by molar-refractivity contribution is 5.78. The monoisotopic (exact) mass is 449 g/mol.